The molecule has 0 saturated carbocycles. The number of halogens is 2. The van der Waals surface area contributed by atoms with Crippen molar-refractivity contribution < 1.29 is 26.0 Å². The van der Waals surface area contributed by atoms with Crippen molar-refractivity contribution in [2.75, 3.05) is 0 Å². The zero-order valence-corrected chi connectivity index (χ0v) is 18.7. The van der Waals surface area contributed by atoms with Crippen LogP contribution in [0.25, 0.3) is 0 Å². The molecule has 0 aromatic heterocycles. The quantitative estimate of drug-likeness (QED) is 0.487. The van der Waals surface area contributed by atoms with Crippen molar-refractivity contribution in [3.05, 3.63) is 53.1 Å². The van der Waals surface area contributed by atoms with E-state index in [-0.39, 0.29) is 11.2 Å². The number of benzene rings is 2. The number of fused-ring (bicyclic) bond motifs is 1. The van der Waals surface area contributed by atoms with E-state index in [1.807, 2.05) is 24.3 Å². The Morgan fingerprint density at radius 1 is 0.960 bits per heavy atom. The van der Waals surface area contributed by atoms with Gasteiger partial charge in [0, 0.05) is 5.56 Å². The predicted octanol–water partition coefficient (Wildman–Crippen LogP) is 6.97. The van der Waals surface area contributed by atoms with Gasteiger partial charge in [-0.2, -0.15) is 5.11 Å². The van der Waals surface area contributed by atoms with Gasteiger partial charge in [0.25, 0.3) is 0 Å². The zero-order chi connectivity index (χ0) is 18.4. The second-order valence-corrected chi connectivity index (χ2v) is 10.7. The maximum atomic E-state index is 10.4. The molecule has 1 aliphatic rings. The Labute approximate surface area is 168 Å². The molecule has 0 atom stereocenters. The normalized spacial score (nSPS) is 13.3. The number of nitrogens with zero attached hydrogens (tertiary/aromatic N) is 2. The molecule has 0 spiro atoms. The SMILES string of the molecule is CC(C)(C)c1cccc(N=Nc2cccc3c2CCC3)c1O.[Cl][Zr][Cl]. The standard InChI is InChI=1S/C19H22N2O.2ClH.Zr/c1-19(2,3)15-10-6-12-17(18(15)22)21-20-16-11-5-8-13-7-4-9-14(13)16;;;/h5-6,8,10-12,22H,4,7,9H2,1-3H3;2*1H;/q;;;+2/p-2. The Balaban J connectivity index is 0.000000701. The van der Waals surface area contributed by atoms with Crippen LogP contribution < -0.4 is 0 Å². The van der Waals surface area contributed by atoms with Crippen molar-refractivity contribution in [1.29, 1.82) is 0 Å². The fourth-order valence-corrected chi connectivity index (χ4v) is 3.02. The van der Waals surface area contributed by atoms with Crippen LogP contribution in [-0.2, 0) is 39.1 Å². The number of aromatic hydroxyl groups is 1. The summed E-state index contributed by atoms with van der Waals surface area (Å²) in [6, 6.07) is 11.9. The fourth-order valence-electron chi connectivity index (χ4n) is 3.02. The van der Waals surface area contributed by atoms with E-state index in [9.17, 15) is 5.11 Å². The summed E-state index contributed by atoms with van der Waals surface area (Å²) in [7, 11) is 9.87. The number of phenols is 1. The molecule has 3 nitrogen and oxygen atoms in total. The summed E-state index contributed by atoms with van der Waals surface area (Å²) in [5.41, 5.74) is 4.91. The zero-order valence-electron chi connectivity index (χ0n) is 14.7. The van der Waals surface area contributed by atoms with E-state index >= 15 is 0 Å². The molecule has 0 radical (unpaired) electrons. The summed E-state index contributed by atoms with van der Waals surface area (Å²) < 4.78 is 0. The van der Waals surface area contributed by atoms with Gasteiger partial charge in [-0.25, -0.2) is 0 Å². The molecule has 2 aromatic rings. The van der Waals surface area contributed by atoms with Crippen LogP contribution in [0.5, 0.6) is 5.75 Å². The molecule has 0 amide bonds. The van der Waals surface area contributed by atoms with Gasteiger partial charge in [0.2, 0.25) is 0 Å². The molecule has 1 N–H and O–H groups in total. The summed E-state index contributed by atoms with van der Waals surface area (Å²) >= 11 is -0.826. The van der Waals surface area contributed by atoms with Crippen LogP contribution in [0.4, 0.5) is 11.4 Å². The third-order valence-corrected chi connectivity index (χ3v) is 4.21. The minimum absolute atomic E-state index is 0.121. The van der Waals surface area contributed by atoms with E-state index in [0.29, 0.717) is 5.69 Å². The summed E-state index contributed by atoms with van der Waals surface area (Å²) in [5.74, 6) is 0.228. The first-order chi connectivity index (χ1) is 11.9. The third kappa shape index (κ3) is 5.39. The van der Waals surface area contributed by atoms with Crippen LogP contribution in [0.2, 0.25) is 0 Å². The number of azo groups is 1. The molecule has 3 rings (SSSR count). The molecular formula is C19H22Cl2N2OZr. The first-order valence-electron chi connectivity index (χ1n) is 8.19. The number of hydrogen-bond acceptors (Lipinski definition) is 3. The van der Waals surface area contributed by atoms with Crippen LogP contribution in [0.1, 0.15) is 43.9 Å². The van der Waals surface area contributed by atoms with Gasteiger partial charge in [0.05, 0.1) is 5.69 Å². The predicted molar refractivity (Wildman–Crippen MR) is 101 cm³/mol. The van der Waals surface area contributed by atoms with Crippen LogP contribution in [-0.4, -0.2) is 5.11 Å². The van der Waals surface area contributed by atoms with E-state index in [2.05, 4.69) is 37.1 Å². The van der Waals surface area contributed by atoms with Crippen molar-refractivity contribution in [3.8, 4) is 5.75 Å². The van der Waals surface area contributed by atoms with Gasteiger partial charge in [0.15, 0.2) is 0 Å². The van der Waals surface area contributed by atoms with Gasteiger partial charge in [-0.1, -0.05) is 45.0 Å². The minimum atomic E-state index is -0.826. The summed E-state index contributed by atoms with van der Waals surface area (Å²) in [6.07, 6.45) is 3.38. The van der Waals surface area contributed by atoms with Crippen LogP contribution >= 0.6 is 17.0 Å². The van der Waals surface area contributed by atoms with Gasteiger partial charge >= 0.3 is 37.9 Å². The van der Waals surface area contributed by atoms with Gasteiger partial charge in [-0.05, 0) is 47.9 Å². The Morgan fingerprint density at radius 3 is 2.24 bits per heavy atom. The fraction of sp³-hybridized carbons (Fsp3) is 0.368. The molecule has 0 unspecified atom stereocenters. The van der Waals surface area contributed by atoms with Crippen molar-refractivity contribution in [2.24, 2.45) is 10.2 Å². The van der Waals surface area contributed by atoms with E-state index in [0.717, 1.165) is 24.1 Å². The molecule has 6 heteroatoms. The van der Waals surface area contributed by atoms with Gasteiger partial charge in [-0.3, -0.25) is 0 Å². The second-order valence-electron chi connectivity index (χ2n) is 6.96. The Hall–Kier alpha value is -0.697. The molecular weight excluding hydrogens is 434 g/mol. The average Bonchev–Trinajstić information content (AvgIpc) is 3.02. The summed E-state index contributed by atoms with van der Waals surface area (Å²) in [6.45, 7) is 6.23. The molecule has 0 saturated heterocycles. The second kappa shape index (κ2) is 9.30. The number of rotatable bonds is 2. The summed E-state index contributed by atoms with van der Waals surface area (Å²) in [4.78, 5) is 0. The average molecular weight is 457 g/mol. The summed E-state index contributed by atoms with van der Waals surface area (Å²) in [5, 5.41) is 19.1. The monoisotopic (exact) mass is 454 g/mol. The number of aryl methyl sites for hydroxylation is 1. The molecule has 132 valence electrons. The Bertz CT molecular complexity index is 758. The van der Waals surface area contributed by atoms with Gasteiger partial charge < -0.3 is 5.11 Å². The van der Waals surface area contributed by atoms with E-state index in [4.69, 9.17) is 17.0 Å². The van der Waals surface area contributed by atoms with Crippen LogP contribution in [0.3, 0.4) is 0 Å². The molecule has 1 aliphatic carbocycles. The van der Waals surface area contributed by atoms with Gasteiger partial charge in [0.1, 0.15) is 11.4 Å². The third-order valence-electron chi connectivity index (χ3n) is 4.21. The first-order valence-corrected chi connectivity index (χ1v) is 14.5. The topological polar surface area (TPSA) is 45.0 Å². The molecule has 0 fully saturated rings. The first kappa shape index (κ1) is 20.6. The Kier molecular flexibility index (Phi) is 7.67. The van der Waals surface area contributed by atoms with Crippen molar-refractivity contribution in [3.63, 3.8) is 0 Å². The molecule has 25 heavy (non-hydrogen) atoms. The molecule has 0 heterocycles. The van der Waals surface area contributed by atoms with Crippen molar-refractivity contribution in [1.82, 2.24) is 0 Å². The number of para-hydroxylation sites is 1. The molecule has 0 aliphatic heterocycles. The molecule has 2 aromatic carbocycles. The van der Waals surface area contributed by atoms with Crippen molar-refractivity contribution >= 4 is 28.4 Å². The van der Waals surface area contributed by atoms with Crippen LogP contribution in [0.15, 0.2) is 46.6 Å². The van der Waals surface area contributed by atoms with E-state index in [1.165, 1.54) is 17.5 Å². The number of phenolic OH excluding ortho intramolecular Hbond substituents is 1. The maximum absolute atomic E-state index is 10.4. The van der Waals surface area contributed by atoms with E-state index in [1.54, 1.807) is 6.07 Å². The molecule has 0 bridgehead atoms. The Morgan fingerprint density at radius 2 is 1.56 bits per heavy atom. The number of hydrogen-bond donors (Lipinski definition) is 1. The van der Waals surface area contributed by atoms with Crippen molar-refractivity contribution in [2.45, 2.75) is 45.4 Å². The van der Waals surface area contributed by atoms with Crippen LogP contribution in [0, 0.1) is 0 Å². The van der Waals surface area contributed by atoms with E-state index < -0.39 is 20.8 Å². The van der Waals surface area contributed by atoms with Gasteiger partial charge in [-0.15, -0.1) is 5.11 Å².